The molecule has 0 aromatic carbocycles. The molecule has 0 saturated heterocycles. The molecule has 0 spiro atoms. The van der Waals surface area contributed by atoms with Gasteiger partial charge in [-0.1, -0.05) is 11.6 Å². The van der Waals surface area contributed by atoms with E-state index in [0.717, 1.165) is 37.1 Å². The predicted molar refractivity (Wildman–Crippen MR) is 126 cm³/mol. The van der Waals surface area contributed by atoms with Crippen LogP contribution in [0, 0.1) is 6.92 Å². The summed E-state index contributed by atoms with van der Waals surface area (Å²) in [6.07, 6.45) is 8.83. The number of allylic oxidation sites excluding steroid dienone is 1. The van der Waals surface area contributed by atoms with Gasteiger partial charge in [0.2, 0.25) is 5.01 Å². The molecule has 3 rings (SSSR count). The molecular formula is C24H33N3O4S. The van der Waals surface area contributed by atoms with E-state index in [1.54, 1.807) is 14.0 Å². The van der Waals surface area contributed by atoms with E-state index in [2.05, 4.69) is 20.9 Å². The molecule has 174 valence electrons. The molecule has 1 aliphatic rings. The van der Waals surface area contributed by atoms with Crippen molar-refractivity contribution in [3.63, 3.8) is 0 Å². The lowest BCUT2D eigenvalue weighted by Gasteiger charge is -2.13. The van der Waals surface area contributed by atoms with Crippen LogP contribution in [0.2, 0.25) is 0 Å². The van der Waals surface area contributed by atoms with Gasteiger partial charge in [0.15, 0.2) is 0 Å². The minimum absolute atomic E-state index is 0.0773. The first kappa shape index (κ1) is 24.2. The topological polar surface area (TPSA) is 82.5 Å². The monoisotopic (exact) mass is 459 g/mol. The number of amides is 1. The highest BCUT2D eigenvalue weighted by Gasteiger charge is 2.21. The summed E-state index contributed by atoms with van der Waals surface area (Å²) in [6, 6.07) is 1.88. The van der Waals surface area contributed by atoms with E-state index in [1.165, 1.54) is 29.8 Å². The first-order valence-corrected chi connectivity index (χ1v) is 12.2. The van der Waals surface area contributed by atoms with Gasteiger partial charge in [-0.2, -0.15) is 0 Å². The highest BCUT2D eigenvalue weighted by molar-refractivity contribution is 7.11. The molecule has 1 aliphatic carbocycles. The van der Waals surface area contributed by atoms with E-state index in [0.29, 0.717) is 42.6 Å². The summed E-state index contributed by atoms with van der Waals surface area (Å²) in [5, 5.41) is 5.23. The van der Waals surface area contributed by atoms with Crippen molar-refractivity contribution in [1.82, 2.24) is 14.9 Å². The number of aromatic nitrogens is 2. The molecule has 0 bridgehead atoms. The summed E-state index contributed by atoms with van der Waals surface area (Å²) in [5.74, 6) is -0.501. The fourth-order valence-electron chi connectivity index (χ4n) is 3.98. The maximum Gasteiger partial charge on any atom is 0.367 e. The molecule has 2 aromatic rings. The van der Waals surface area contributed by atoms with Crippen LogP contribution < -0.4 is 5.32 Å². The Kier molecular flexibility index (Phi) is 9.05. The largest absolute Gasteiger partial charge is 0.461 e. The fourth-order valence-corrected chi connectivity index (χ4v) is 4.69. The van der Waals surface area contributed by atoms with E-state index >= 15 is 0 Å². The summed E-state index contributed by atoms with van der Waals surface area (Å²) in [4.78, 5) is 29.5. The second-order valence-electron chi connectivity index (χ2n) is 7.90. The van der Waals surface area contributed by atoms with Gasteiger partial charge in [-0.25, -0.2) is 9.78 Å². The molecule has 32 heavy (non-hydrogen) atoms. The van der Waals surface area contributed by atoms with Crippen LogP contribution in [-0.2, 0) is 16.0 Å². The van der Waals surface area contributed by atoms with Crippen LogP contribution in [0.4, 0.5) is 0 Å². The van der Waals surface area contributed by atoms with Crippen molar-refractivity contribution in [1.29, 1.82) is 0 Å². The second-order valence-corrected chi connectivity index (χ2v) is 8.76. The normalized spacial score (nSPS) is 13.7. The van der Waals surface area contributed by atoms with Crippen LogP contribution in [-0.4, -0.2) is 48.3 Å². The van der Waals surface area contributed by atoms with Crippen molar-refractivity contribution < 1.29 is 19.1 Å². The highest BCUT2D eigenvalue weighted by Crippen LogP contribution is 2.28. The van der Waals surface area contributed by atoms with Crippen molar-refractivity contribution in [2.24, 2.45) is 0 Å². The number of carbonyl (C=O) groups excluding carboxylic acids is 2. The average molecular weight is 460 g/mol. The Morgan fingerprint density at radius 3 is 2.88 bits per heavy atom. The van der Waals surface area contributed by atoms with Gasteiger partial charge in [0.25, 0.3) is 5.91 Å². The first-order valence-electron chi connectivity index (χ1n) is 11.3. The lowest BCUT2D eigenvalue weighted by atomic mass is 9.97. The van der Waals surface area contributed by atoms with E-state index in [4.69, 9.17) is 9.47 Å². The van der Waals surface area contributed by atoms with Crippen molar-refractivity contribution >= 4 is 23.2 Å². The number of nitrogens with zero attached hydrogens (tertiary/aromatic N) is 2. The van der Waals surface area contributed by atoms with E-state index in [1.807, 2.05) is 18.4 Å². The van der Waals surface area contributed by atoms with Gasteiger partial charge in [-0.15, -0.1) is 11.3 Å². The molecule has 1 amide bonds. The Balaban J connectivity index is 1.78. The van der Waals surface area contributed by atoms with Crippen LogP contribution >= 0.6 is 11.3 Å². The molecule has 1 N–H and O–H groups in total. The Labute approximate surface area is 193 Å². The zero-order valence-electron chi connectivity index (χ0n) is 19.2. The molecule has 2 aromatic heterocycles. The Morgan fingerprint density at radius 2 is 2.16 bits per heavy atom. The third-order valence-corrected chi connectivity index (χ3v) is 6.50. The summed E-state index contributed by atoms with van der Waals surface area (Å²) in [7, 11) is 1.68. The lowest BCUT2D eigenvalue weighted by Crippen LogP contribution is -2.25. The van der Waals surface area contributed by atoms with Gasteiger partial charge in [0.05, 0.1) is 23.6 Å². The third kappa shape index (κ3) is 6.07. The zero-order chi connectivity index (χ0) is 22.9. The van der Waals surface area contributed by atoms with E-state index in [-0.39, 0.29) is 5.91 Å². The fraction of sp³-hybridized carbons (Fsp3) is 0.542. The van der Waals surface area contributed by atoms with Gasteiger partial charge in [0, 0.05) is 37.9 Å². The van der Waals surface area contributed by atoms with Gasteiger partial charge in [0.1, 0.15) is 0 Å². The molecular weight excluding hydrogens is 426 g/mol. The van der Waals surface area contributed by atoms with Crippen LogP contribution in [0.3, 0.4) is 0 Å². The Morgan fingerprint density at radius 1 is 1.31 bits per heavy atom. The standard InChI is InChI=1S/C24H33N3O4S/c1-4-31-24(29)23-26-20(16-32-23)21-15-19(17(2)27(21)13-8-14-30-3)22(28)25-12-11-18-9-6-5-7-10-18/h9,15-16H,4-8,10-14H2,1-3H3,(H,25,28). The Bertz CT molecular complexity index is 961. The molecule has 0 fully saturated rings. The number of hydrogen-bond donors (Lipinski definition) is 1. The van der Waals surface area contributed by atoms with E-state index < -0.39 is 5.97 Å². The maximum atomic E-state index is 13.0. The summed E-state index contributed by atoms with van der Waals surface area (Å²) in [5.41, 5.74) is 4.47. The molecule has 0 radical (unpaired) electrons. The SMILES string of the molecule is CCOC(=O)c1nc(-c2cc(C(=O)NCCC3=CCCCC3)c(C)n2CCCOC)cs1. The van der Waals surface area contributed by atoms with Gasteiger partial charge >= 0.3 is 5.97 Å². The van der Waals surface area contributed by atoms with Crippen molar-refractivity contribution in [2.75, 3.05) is 26.9 Å². The number of hydrogen-bond acceptors (Lipinski definition) is 6. The lowest BCUT2D eigenvalue weighted by molar-refractivity contribution is 0.0526. The quantitative estimate of drug-likeness (QED) is 0.298. The minimum Gasteiger partial charge on any atom is -0.461 e. The predicted octanol–water partition coefficient (Wildman–Crippen LogP) is 4.75. The smallest absolute Gasteiger partial charge is 0.367 e. The third-order valence-electron chi connectivity index (χ3n) is 5.67. The van der Waals surface area contributed by atoms with Crippen LogP contribution in [0.1, 0.15) is 71.3 Å². The van der Waals surface area contributed by atoms with Crippen LogP contribution in [0.5, 0.6) is 0 Å². The van der Waals surface area contributed by atoms with Crippen LogP contribution in [0.15, 0.2) is 23.1 Å². The average Bonchev–Trinajstić information content (AvgIpc) is 3.40. The van der Waals surface area contributed by atoms with Gasteiger partial charge in [-0.05, 0) is 58.4 Å². The maximum absolute atomic E-state index is 13.0. The first-order chi connectivity index (χ1) is 15.5. The number of ether oxygens (including phenoxy) is 2. The Hall–Kier alpha value is -2.45. The zero-order valence-corrected chi connectivity index (χ0v) is 20.1. The second kappa shape index (κ2) is 12.0. The number of methoxy groups -OCH3 is 1. The van der Waals surface area contributed by atoms with Crippen LogP contribution in [0.25, 0.3) is 11.4 Å². The van der Waals surface area contributed by atoms with Gasteiger partial charge < -0.3 is 19.4 Å². The number of esters is 1. The summed E-state index contributed by atoms with van der Waals surface area (Å²) >= 11 is 1.25. The molecule has 0 aliphatic heterocycles. The molecule has 2 heterocycles. The van der Waals surface area contributed by atoms with E-state index in [9.17, 15) is 9.59 Å². The molecule has 0 unspecified atom stereocenters. The number of nitrogens with one attached hydrogen (secondary N) is 1. The van der Waals surface area contributed by atoms with Crippen molar-refractivity contribution in [3.05, 3.63) is 39.4 Å². The summed E-state index contributed by atoms with van der Waals surface area (Å²) in [6.45, 7) is 5.99. The summed E-state index contributed by atoms with van der Waals surface area (Å²) < 4.78 is 12.4. The number of rotatable bonds is 11. The van der Waals surface area contributed by atoms with Crippen molar-refractivity contribution in [2.45, 2.75) is 58.9 Å². The van der Waals surface area contributed by atoms with Crippen molar-refractivity contribution in [3.8, 4) is 11.4 Å². The molecule has 7 nitrogen and oxygen atoms in total. The highest BCUT2D eigenvalue weighted by atomic mass is 32.1. The molecule has 8 heteroatoms. The minimum atomic E-state index is -0.423. The molecule has 0 atom stereocenters. The molecule has 0 saturated carbocycles. The van der Waals surface area contributed by atoms with Gasteiger partial charge in [-0.3, -0.25) is 4.79 Å². The number of carbonyl (C=O) groups is 2. The number of thiazole rings is 1.